The first kappa shape index (κ1) is 14.9. The molecule has 0 saturated carbocycles. The first-order valence-corrected chi connectivity index (χ1v) is 5.51. The highest BCUT2D eigenvalue weighted by molar-refractivity contribution is 5.94. The average Bonchev–Trinajstić information content (AvgIpc) is 2.74. The lowest BCUT2D eigenvalue weighted by Crippen LogP contribution is -2.37. The van der Waals surface area contributed by atoms with Crippen LogP contribution in [0.4, 0.5) is 8.78 Å². The minimum absolute atomic E-state index is 0.0309. The molecule has 1 N–H and O–H groups in total. The highest BCUT2D eigenvalue weighted by Crippen LogP contribution is 2.10. The molecule has 5 nitrogen and oxygen atoms in total. The number of carboxylic acids is 1. The number of carbonyl (C=O) groups is 2. The molecule has 0 saturated heterocycles. The van der Waals surface area contributed by atoms with Gasteiger partial charge in [0.05, 0.1) is 6.54 Å². The maximum atomic E-state index is 12.3. The second-order valence-electron chi connectivity index (χ2n) is 3.80. The summed E-state index contributed by atoms with van der Waals surface area (Å²) in [6.07, 6.45) is 0.138. The Kier molecular flexibility index (Phi) is 5.23. The molecule has 1 amide bonds. The smallest absolute Gasteiger partial charge is 0.323 e. The molecule has 0 aliphatic rings. The summed E-state index contributed by atoms with van der Waals surface area (Å²) in [5.41, 5.74) is 0.0309. The van der Waals surface area contributed by atoms with E-state index in [1.807, 2.05) is 0 Å². The van der Waals surface area contributed by atoms with Crippen molar-refractivity contribution in [2.75, 3.05) is 13.1 Å². The number of rotatable bonds is 7. The van der Waals surface area contributed by atoms with Gasteiger partial charge in [0.25, 0.3) is 12.3 Å². The van der Waals surface area contributed by atoms with E-state index < -0.39 is 31.4 Å². The number of halogens is 2. The molecule has 1 aromatic rings. The Morgan fingerprint density at radius 3 is 2.74 bits per heavy atom. The van der Waals surface area contributed by atoms with Gasteiger partial charge in [-0.05, 0) is 12.1 Å². The van der Waals surface area contributed by atoms with Crippen LogP contribution in [0.1, 0.15) is 10.5 Å². The van der Waals surface area contributed by atoms with Crippen LogP contribution in [-0.4, -0.2) is 46.0 Å². The Bertz CT molecular complexity index is 471. The highest BCUT2D eigenvalue weighted by atomic mass is 19.3. The molecule has 0 aliphatic carbocycles. The molecule has 1 heterocycles. The molecule has 0 aliphatic heterocycles. The second-order valence-corrected chi connectivity index (χ2v) is 3.80. The van der Waals surface area contributed by atoms with E-state index in [-0.39, 0.29) is 12.2 Å². The number of alkyl halides is 2. The van der Waals surface area contributed by atoms with Gasteiger partial charge in [0.2, 0.25) is 0 Å². The van der Waals surface area contributed by atoms with Crippen molar-refractivity contribution in [3.05, 3.63) is 36.7 Å². The molecule has 7 heteroatoms. The Morgan fingerprint density at radius 2 is 2.21 bits per heavy atom. The number of hydrogen-bond acceptors (Lipinski definition) is 2. The van der Waals surface area contributed by atoms with E-state index in [1.54, 1.807) is 0 Å². The Morgan fingerprint density at radius 1 is 1.53 bits per heavy atom. The zero-order chi connectivity index (χ0) is 14.4. The van der Waals surface area contributed by atoms with Crippen LogP contribution in [0.25, 0.3) is 0 Å². The van der Waals surface area contributed by atoms with Crippen molar-refractivity contribution in [2.45, 2.75) is 13.0 Å². The van der Waals surface area contributed by atoms with Gasteiger partial charge >= 0.3 is 5.97 Å². The molecule has 0 atom stereocenters. The van der Waals surface area contributed by atoms with Crippen LogP contribution < -0.4 is 0 Å². The normalized spacial score (nSPS) is 10.5. The number of amides is 1. The molecular formula is C12H14F2N2O3. The van der Waals surface area contributed by atoms with Crippen molar-refractivity contribution in [2.24, 2.45) is 0 Å². The quantitative estimate of drug-likeness (QED) is 0.764. The Balaban J connectivity index is 2.92. The zero-order valence-electron chi connectivity index (χ0n) is 10.1. The largest absolute Gasteiger partial charge is 0.480 e. The van der Waals surface area contributed by atoms with E-state index in [0.29, 0.717) is 0 Å². The van der Waals surface area contributed by atoms with Crippen molar-refractivity contribution < 1.29 is 23.5 Å². The number of hydrogen-bond donors (Lipinski definition) is 1. The van der Waals surface area contributed by atoms with Gasteiger partial charge in [0.1, 0.15) is 12.2 Å². The van der Waals surface area contributed by atoms with Gasteiger partial charge in [-0.25, -0.2) is 8.78 Å². The third kappa shape index (κ3) is 4.20. The first-order chi connectivity index (χ1) is 8.95. The van der Waals surface area contributed by atoms with E-state index >= 15 is 0 Å². The summed E-state index contributed by atoms with van der Waals surface area (Å²) in [7, 11) is 0. The van der Waals surface area contributed by atoms with Crippen molar-refractivity contribution >= 4 is 11.9 Å². The van der Waals surface area contributed by atoms with E-state index in [4.69, 9.17) is 5.11 Å². The van der Waals surface area contributed by atoms with Gasteiger partial charge in [-0.2, -0.15) is 0 Å². The van der Waals surface area contributed by atoms with Gasteiger partial charge in [-0.15, -0.1) is 6.58 Å². The van der Waals surface area contributed by atoms with E-state index in [9.17, 15) is 18.4 Å². The lowest BCUT2D eigenvalue weighted by molar-refractivity contribution is -0.137. The number of carboxylic acid groups (broad SMARTS) is 1. The molecule has 19 heavy (non-hydrogen) atoms. The molecule has 0 aromatic carbocycles. The highest BCUT2D eigenvalue weighted by Gasteiger charge is 2.21. The van der Waals surface area contributed by atoms with Crippen LogP contribution >= 0.6 is 0 Å². The number of nitrogens with zero attached hydrogens (tertiary/aromatic N) is 2. The van der Waals surface area contributed by atoms with E-state index in [2.05, 4.69) is 6.58 Å². The predicted molar refractivity (Wildman–Crippen MR) is 64.2 cm³/mol. The molecule has 104 valence electrons. The van der Waals surface area contributed by atoms with Crippen molar-refractivity contribution in [1.82, 2.24) is 9.47 Å². The SMILES string of the molecule is C=CCN(CC(=O)O)C(=O)c1cccn1CC(F)F. The molecule has 0 bridgehead atoms. The van der Waals surface area contributed by atoms with Crippen molar-refractivity contribution in [3.63, 3.8) is 0 Å². The summed E-state index contributed by atoms with van der Waals surface area (Å²) in [5, 5.41) is 8.72. The summed E-state index contributed by atoms with van der Waals surface area (Å²) in [6, 6.07) is 2.84. The first-order valence-electron chi connectivity index (χ1n) is 5.51. The zero-order valence-corrected chi connectivity index (χ0v) is 10.1. The molecule has 1 aromatic heterocycles. The predicted octanol–water partition coefficient (Wildman–Crippen LogP) is 1.47. The van der Waals surface area contributed by atoms with Gasteiger partial charge in [0.15, 0.2) is 0 Å². The van der Waals surface area contributed by atoms with E-state index in [0.717, 1.165) is 9.47 Å². The average molecular weight is 272 g/mol. The molecule has 0 fully saturated rings. The molecule has 0 spiro atoms. The minimum Gasteiger partial charge on any atom is -0.480 e. The van der Waals surface area contributed by atoms with Gasteiger partial charge < -0.3 is 14.6 Å². The van der Waals surface area contributed by atoms with E-state index in [1.165, 1.54) is 24.4 Å². The fraction of sp³-hybridized carbons (Fsp3) is 0.333. The van der Waals surface area contributed by atoms with Gasteiger partial charge in [-0.1, -0.05) is 6.08 Å². The van der Waals surface area contributed by atoms with Crippen LogP contribution in [0, 0.1) is 0 Å². The standard InChI is InChI=1S/C12H14F2N2O3/c1-2-5-16(8-11(17)18)12(19)9-4-3-6-15(9)7-10(13)14/h2-4,6,10H,1,5,7-8H2,(H,17,18). The summed E-state index contributed by atoms with van der Waals surface area (Å²) < 4.78 is 25.8. The number of carbonyl (C=O) groups excluding carboxylic acids is 1. The monoisotopic (exact) mass is 272 g/mol. The maximum absolute atomic E-state index is 12.3. The lowest BCUT2D eigenvalue weighted by Gasteiger charge is -2.19. The minimum atomic E-state index is -2.59. The lowest BCUT2D eigenvalue weighted by atomic mass is 10.3. The molecular weight excluding hydrogens is 258 g/mol. The number of aliphatic carboxylic acids is 1. The summed E-state index contributed by atoms with van der Waals surface area (Å²) in [6.45, 7) is 2.34. The van der Waals surface area contributed by atoms with Crippen molar-refractivity contribution in [3.8, 4) is 0 Å². The van der Waals surface area contributed by atoms with Crippen LogP contribution in [0.3, 0.4) is 0 Å². The molecule has 1 rings (SSSR count). The molecule has 0 unspecified atom stereocenters. The number of aromatic nitrogens is 1. The third-order valence-electron chi connectivity index (χ3n) is 2.35. The second kappa shape index (κ2) is 6.67. The molecule has 0 radical (unpaired) electrons. The summed E-state index contributed by atoms with van der Waals surface area (Å²) >= 11 is 0. The van der Waals surface area contributed by atoms with Crippen LogP contribution in [0.15, 0.2) is 31.0 Å². The topological polar surface area (TPSA) is 62.5 Å². The van der Waals surface area contributed by atoms with Crippen LogP contribution in [-0.2, 0) is 11.3 Å². The fourth-order valence-electron chi connectivity index (χ4n) is 1.62. The maximum Gasteiger partial charge on any atom is 0.323 e. The van der Waals surface area contributed by atoms with Crippen molar-refractivity contribution in [1.29, 1.82) is 0 Å². The van der Waals surface area contributed by atoms with Crippen LogP contribution in [0.5, 0.6) is 0 Å². The Labute approximate surface area is 108 Å². The van der Waals surface area contributed by atoms with Gasteiger partial charge in [-0.3, -0.25) is 9.59 Å². The fourth-order valence-corrected chi connectivity index (χ4v) is 1.62. The summed E-state index contributed by atoms with van der Waals surface area (Å²) in [4.78, 5) is 23.8. The van der Waals surface area contributed by atoms with Crippen LogP contribution in [0.2, 0.25) is 0 Å². The van der Waals surface area contributed by atoms with Gasteiger partial charge in [0, 0.05) is 12.7 Å². The Hall–Kier alpha value is -2.18. The third-order valence-corrected chi connectivity index (χ3v) is 2.35. The summed E-state index contributed by atoms with van der Waals surface area (Å²) in [5.74, 6) is -1.80.